The van der Waals surface area contributed by atoms with E-state index in [9.17, 15) is 4.79 Å². The first-order chi connectivity index (χ1) is 16.2. The van der Waals surface area contributed by atoms with Crippen LogP contribution in [0.1, 0.15) is 12.2 Å². The van der Waals surface area contributed by atoms with Crippen molar-refractivity contribution in [3.63, 3.8) is 0 Å². The summed E-state index contributed by atoms with van der Waals surface area (Å²) in [5.74, 6) is 2.27. The molecule has 9 heteroatoms. The molecule has 1 N–H and O–H groups in total. The van der Waals surface area contributed by atoms with Crippen molar-refractivity contribution < 1.29 is 19.0 Å². The summed E-state index contributed by atoms with van der Waals surface area (Å²) in [6.07, 6.45) is 0.841. The highest BCUT2D eigenvalue weighted by Gasteiger charge is 2.16. The van der Waals surface area contributed by atoms with Crippen LogP contribution in [0.5, 0.6) is 11.5 Å². The Morgan fingerprint density at radius 3 is 2.70 bits per heavy atom. The molecule has 2 aromatic carbocycles. The molecule has 1 aromatic heterocycles. The van der Waals surface area contributed by atoms with E-state index in [1.807, 2.05) is 42.5 Å². The van der Waals surface area contributed by atoms with Crippen LogP contribution >= 0.6 is 11.8 Å². The highest BCUT2D eigenvalue weighted by Crippen LogP contribution is 2.32. The fourth-order valence-corrected chi connectivity index (χ4v) is 4.64. The smallest absolute Gasteiger partial charge is 0.234 e. The summed E-state index contributed by atoms with van der Waals surface area (Å²) >= 11 is 1.42. The standard InChI is InChI=1S/C24H26N4O4S/c29-23(25-17-6-7-20-21(14-17)32-11-3-10-31-20)16-33-24-18-4-1-2-5-19(18)26-22(27-24)15-28-8-12-30-13-9-28/h1-2,4-7,14H,3,8-13,15-16H2,(H,25,29). The number of ether oxygens (including phenoxy) is 3. The van der Waals surface area contributed by atoms with Crippen molar-refractivity contribution in [3.05, 3.63) is 48.3 Å². The summed E-state index contributed by atoms with van der Waals surface area (Å²) in [6.45, 7) is 5.12. The molecule has 2 aliphatic rings. The van der Waals surface area contributed by atoms with Crippen molar-refractivity contribution in [2.75, 3.05) is 50.6 Å². The van der Waals surface area contributed by atoms with Crippen LogP contribution in [0.25, 0.3) is 10.9 Å². The number of amides is 1. The SMILES string of the molecule is O=C(CSc1nc(CN2CCOCC2)nc2ccccc12)Nc1ccc2c(c1)OCCCO2. The fourth-order valence-electron chi connectivity index (χ4n) is 3.81. The number of rotatable bonds is 6. The number of para-hydroxylation sites is 1. The molecule has 1 fully saturated rings. The minimum Gasteiger partial charge on any atom is -0.490 e. The molecule has 0 aliphatic carbocycles. The number of aromatic nitrogens is 2. The zero-order valence-electron chi connectivity index (χ0n) is 18.3. The molecule has 3 heterocycles. The second-order valence-corrected chi connectivity index (χ2v) is 8.86. The van der Waals surface area contributed by atoms with Gasteiger partial charge in [-0.15, -0.1) is 0 Å². The molecule has 33 heavy (non-hydrogen) atoms. The maximum atomic E-state index is 12.7. The Balaban J connectivity index is 1.27. The Labute approximate surface area is 196 Å². The van der Waals surface area contributed by atoms with E-state index in [0.717, 1.165) is 54.5 Å². The predicted molar refractivity (Wildman–Crippen MR) is 127 cm³/mol. The van der Waals surface area contributed by atoms with Crippen LogP contribution in [-0.2, 0) is 16.1 Å². The lowest BCUT2D eigenvalue weighted by atomic mass is 10.2. The monoisotopic (exact) mass is 466 g/mol. The van der Waals surface area contributed by atoms with Crippen LogP contribution < -0.4 is 14.8 Å². The van der Waals surface area contributed by atoms with Gasteiger partial charge in [0.25, 0.3) is 0 Å². The van der Waals surface area contributed by atoms with Crippen LogP contribution in [0.15, 0.2) is 47.5 Å². The van der Waals surface area contributed by atoms with Crippen molar-refractivity contribution in [3.8, 4) is 11.5 Å². The Morgan fingerprint density at radius 2 is 1.82 bits per heavy atom. The number of anilines is 1. The third-order valence-electron chi connectivity index (χ3n) is 5.45. The number of benzene rings is 2. The second-order valence-electron chi connectivity index (χ2n) is 7.90. The number of hydrogen-bond acceptors (Lipinski definition) is 8. The molecule has 0 atom stereocenters. The highest BCUT2D eigenvalue weighted by molar-refractivity contribution is 8.00. The Morgan fingerprint density at radius 1 is 1.00 bits per heavy atom. The van der Waals surface area contributed by atoms with E-state index < -0.39 is 0 Å². The number of carbonyl (C=O) groups is 1. The van der Waals surface area contributed by atoms with Crippen LogP contribution in [0.2, 0.25) is 0 Å². The summed E-state index contributed by atoms with van der Waals surface area (Å²) in [6, 6.07) is 13.4. The van der Waals surface area contributed by atoms with Crippen molar-refractivity contribution >= 4 is 34.3 Å². The molecule has 2 aliphatic heterocycles. The second kappa shape index (κ2) is 10.4. The van der Waals surface area contributed by atoms with Crippen molar-refractivity contribution in [2.24, 2.45) is 0 Å². The Kier molecular flexibility index (Phi) is 6.89. The molecule has 5 rings (SSSR count). The molecular weight excluding hydrogens is 440 g/mol. The average molecular weight is 467 g/mol. The summed E-state index contributed by atoms with van der Waals surface area (Å²) in [7, 11) is 0. The molecule has 0 bridgehead atoms. The van der Waals surface area contributed by atoms with Gasteiger partial charge in [-0.2, -0.15) is 0 Å². The minimum atomic E-state index is -0.105. The van der Waals surface area contributed by atoms with Crippen LogP contribution in [-0.4, -0.2) is 66.0 Å². The molecule has 0 unspecified atom stereocenters. The largest absolute Gasteiger partial charge is 0.490 e. The molecule has 1 amide bonds. The quantitative estimate of drug-likeness (QED) is 0.437. The highest BCUT2D eigenvalue weighted by atomic mass is 32.2. The van der Waals surface area contributed by atoms with E-state index in [1.54, 1.807) is 0 Å². The first-order valence-electron chi connectivity index (χ1n) is 11.1. The van der Waals surface area contributed by atoms with Gasteiger partial charge in [0, 0.05) is 36.7 Å². The average Bonchev–Trinajstić information content (AvgIpc) is 3.08. The van der Waals surface area contributed by atoms with Gasteiger partial charge in [0.2, 0.25) is 5.91 Å². The molecule has 3 aromatic rings. The third-order valence-corrected chi connectivity index (χ3v) is 6.45. The first-order valence-corrected chi connectivity index (χ1v) is 12.1. The van der Waals surface area contributed by atoms with Gasteiger partial charge in [-0.1, -0.05) is 30.0 Å². The van der Waals surface area contributed by atoms with E-state index in [4.69, 9.17) is 24.2 Å². The van der Waals surface area contributed by atoms with Gasteiger partial charge >= 0.3 is 0 Å². The third kappa shape index (κ3) is 5.55. The Bertz CT molecular complexity index is 1140. The number of carbonyl (C=O) groups excluding carboxylic acids is 1. The summed E-state index contributed by atoms with van der Waals surface area (Å²) < 4.78 is 16.8. The van der Waals surface area contributed by atoms with Gasteiger partial charge in [0.05, 0.1) is 44.2 Å². The number of fused-ring (bicyclic) bond motifs is 2. The topological polar surface area (TPSA) is 85.8 Å². The predicted octanol–water partition coefficient (Wildman–Crippen LogP) is 3.35. The maximum absolute atomic E-state index is 12.7. The van der Waals surface area contributed by atoms with Gasteiger partial charge in [-0.05, 0) is 18.2 Å². The van der Waals surface area contributed by atoms with E-state index in [2.05, 4.69) is 10.2 Å². The molecule has 0 spiro atoms. The number of nitrogens with one attached hydrogen (secondary N) is 1. The number of thioether (sulfide) groups is 1. The molecule has 0 radical (unpaired) electrons. The number of hydrogen-bond donors (Lipinski definition) is 1. The lowest BCUT2D eigenvalue weighted by molar-refractivity contribution is -0.113. The molecule has 0 saturated carbocycles. The van der Waals surface area contributed by atoms with Crippen molar-refractivity contribution in [2.45, 2.75) is 18.0 Å². The van der Waals surface area contributed by atoms with Gasteiger partial charge in [0.15, 0.2) is 11.5 Å². The van der Waals surface area contributed by atoms with E-state index >= 15 is 0 Å². The van der Waals surface area contributed by atoms with Gasteiger partial charge in [-0.25, -0.2) is 9.97 Å². The summed E-state index contributed by atoms with van der Waals surface area (Å²) in [4.78, 5) is 24.5. The van der Waals surface area contributed by atoms with Gasteiger partial charge in [0.1, 0.15) is 10.9 Å². The zero-order valence-corrected chi connectivity index (χ0v) is 19.1. The van der Waals surface area contributed by atoms with Gasteiger partial charge < -0.3 is 19.5 Å². The molecule has 1 saturated heterocycles. The molecule has 8 nitrogen and oxygen atoms in total. The Hall–Kier alpha value is -2.88. The fraction of sp³-hybridized carbons (Fsp3) is 0.375. The lowest BCUT2D eigenvalue weighted by Crippen LogP contribution is -2.36. The normalized spacial score (nSPS) is 16.4. The van der Waals surface area contributed by atoms with E-state index in [-0.39, 0.29) is 11.7 Å². The van der Waals surface area contributed by atoms with Gasteiger partial charge in [-0.3, -0.25) is 9.69 Å². The number of nitrogens with zero attached hydrogens (tertiary/aromatic N) is 3. The zero-order chi connectivity index (χ0) is 22.5. The van der Waals surface area contributed by atoms with Crippen LogP contribution in [0.4, 0.5) is 5.69 Å². The minimum absolute atomic E-state index is 0.105. The summed E-state index contributed by atoms with van der Waals surface area (Å²) in [5.41, 5.74) is 1.58. The van der Waals surface area contributed by atoms with E-state index in [0.29, 0.717) is 36.9 Å². The first kappa shape index (κ1) is 21.9. The lowest BCUT2D eigenvalue weighted by Gasteiger charge is -2.25. The summed E-state index contributed by atoms with van der Waals surface area (Å²) in [5, 5.41) is 4.72. The number of morpholine rings is 1. The van der Waals surface area contributed by atoms with Crippen LogP contribution in [0, 0.1) is 0 Å². The molecular formula is C24H26N4O4S. The van der Waals surface area contributed by atoms with Crippen molar-refractivity contribution in [1.82, 2.24) is 14.9 Å². The molecule has 172 valence electrons. The maximum Gasteiger partial charge on any atom is 0.234 e. The van der Waals surface area contributed by atoms with Crippen LogP contribution in [0.3, 0.4) is 0 Å². The van der Waals surface area contributed by atoms with Crippen molar-refractivity contribution in [1.29, 1.82) is 0 Å². The van der Waals surface area contributed by atoms with E-state index in [1.165, 1.54) is 11.8 Å².